The van der Waals surface area contributed by atoms with Gasteiger partial charge in [0.15, 0.2) is 0 Å². The minimum atomic E-state index is -0.379. The van der Waals surface area contributed by atoms with Crippen molar-refractivity contribution in [2.45, 2.75) is 19.4 Å². The molecule has 0 aliphatic heterocycles. The third kappa shape index (κ3) is 2.02. The van der Waals surface area contributed by atoms with Gasteiger partial charge in [0, 0.05) is 17.3 Å². The van der Waals surface area contributed by atoms with Crippen molar-refractivity contribution in [3.63, 3.8) is 0 Å². The number of primary amides is 1. The van der Waals surface area contributed by atoms with Crippen molar-refractivity contribution < 1.29 is 4.79 Å². The highest BCUT2D eigenvalue weighted by molar-refractivity contribution is 7.09. The number of amides is 1. The molecule has 0 spiro atoms. The Labute approximate surface area is 74.6 Å². The summed E-state index contributed by atoms with van der Waals surface area (Å²) in [5.74, 6) is -0.379. The number of aromatic nitrogens is 1. The fraction of sp³-hybridized carbons (Fsp3) is 0.429. The predicted octanol–water partition coefficient (Wildman–Crippen LogP) is 0.327. The Morgan fingerprint density at radius 2 is 2.50 bits per heavy atom. The summed E-state index contributed by atoms with van der Waals surface area (Å²) in [4.78, 5) is 15.5. The molecule has 1 atom stereocenters. The summed E-state index contributed by atoms with van der Waals surface area (Å²) < 4.78 is 0. The van der Waals surface area contributed by atoms with E-state index in [4.69, 9.17) is 11.5 Å². The minimum Gasteiger partial charge on any atom is -0.370 e. The Balaban J connectivity index is 2.71. The average Bonchev–Trinajstić information content (AvgIpc) is 2.33. The molecule has 1 amide bonds. The summed E-state index contributed by atoms with van der Waals surface area (Å²) in [6, 6.07) is -0.296. The van der Waals surface area contributed by atoms with Gasteiger partial charge >= 0.3 is 0 Å². The summed E-state index contributed by atoms with van der Waals surface area (Å²) in [7, 11) is 0. The summed E-state index contributed by atoms with van der Waals surface area (Å²) in [5, 5.41) is 0. The Kier molecular flexibility index (Phi) is 2.78. The average molecular weight is 185 g/mol. The van der Waals surface area contributed by atoms with Gasteiger partial charge in [-0.15, -0.1) is 11.3 Å². The number of nitrogens with zero attached hydrogens (tertiary/aromatic N) is 1. The number of nitrogens with two attached hydrogens (primary N) is 2. The zero-order valence-electron chi connectivity index (χ0n) is 6.78. The highest BCUT2D eigenvalue weighted by Crippen LogP contribution is 2.21. The molecule has 66 valence electrons. The van der Waals surface area contributed by atoms with Gasteiger partial charge in [-0.05, 0) is 6.92 Å². The van der Waals surface area contributed by atoms with Crippen molar-refractivity contribution >= 4 is 17.2 Å². The third-order valence-electron chi connectivity index (χ3n) is 1.54. The third-order valence-corrected chi connectivity index (χ3v) is 2.60. The van der Waals surface area contributed by atoms with Crippen LogP contribution in [0.4, 0.5) is 0 Å². The van der Waals surface area contributed by atoms with Crippen molar-refractivity contribution in [2.75, 3.05) is 0 Å². The van der Waals surface area contributed by atoms with E-state index in [1.807, 2.05) is 6.92 Å². The Morgan fingerprint density at radius 3 is 2.92 bits per heavy atom. The molecule has 1 aromatic heterocycles. The molecule has 0 unspecified atom stereocenters. The van der Waals surface area contributed by atoms with Gasteiger partial charge in [-0.1, -0.05) is 0 Å². The van der Waals surface area contributed by atoms with E-state index in [1.165, 1.54) is 11.3 Å². The molecule has 0 saturated carbocycles. The van der Waals surface area contributed by atoms with Crippen molar-refractivity contribution in [2.24, 2.45) is 11.5 Å². The van der Waals surface area contributed by atoms with E-state index in [0.717, 1.165) is 10.6 Å². The number of carbonyl (C=O) groups excluding carboxylic acids is 1. The molecule has 1 aromatic rings. The SMILES string of the molecule is Cc1ncsc1[C@H](N)CC(N)=O. The molecule has 0 bridgehead atoms. The van der Waals surface area contributed by atoms with Gasteiger partial charge in [-0.25, -0.2) is 4.98 Å². The van der Waals surface area contributed by atoms with Crippen LogP contribution in [0, 0.1) is 6.92 Å². The second-order valence-electron chi connectivity index (χ2n) is 2.58. The quantitative estimate of drug-likeness (QED) is 0.711. The first kappa shape index (κ1) is 9.15. The Bertz CT molecular complexity index is 284. The van der Waals surface area contributed by atoms with Crippen molar-refractivity contribution in [1.29, 1.82) is 0 Å². The fourth-order valence-corrected chi connectivity index (χ4v) is 1.78. The Morgan fingerprint density at radius 1 is 1.83 bits per heavy atom. The second kappa shape index (κ2) is 3.64. The first-order chi connectivity index (χ1) is 5.61. The number of thiazole rings is 1. The molecule has 0 radical (unpaired) electrons. The molecule has 1 heterocycles. The lowest BCUT2D eigenvalue weighted by atomic mass is 10.1. The molecule has 0 fully saturated rings. The molecular formula is C7H11N3OS. The minimum absolute atomic E-state index is 0.184. The van der Waals surface area contributed by atoms with Crippen LogP contribution in [-0.2, 0) is 4.79 Å². The monoisotopic (exact) mass is 185 g/mol. The van der Waals surface area contributed by atoms with Gasteiger partial charge in [-0.2, -0.15) is 0 Å². The van der Waals surface area contributed by atoms with Crippen molar-refractivity contribution in [3.05, 3.63) is 16.1 Å². The topological polar surface area (TPSA) is 82.0 Å². The van der Waals surface area contributed by atoms with Crippen molar-refractivity contribution in [1.82, 2.24) is 4.98 Å². The maximum absolute atomic E-state index is 10.5. The summed E-state index contributed by atoms with van der Waals surface area (Å²) >= 11 is 1.46. The van der Waals surface area contributed by atoms with Gasteiger partial charge in [0.1, 0.15) is 0 Å². The molecule has 0 aromatic carbocycles. The van der Waals surface area contributed by atoms with Gasteiger partial charge in [-0.3, -0.25) is 4.79 Å². The lowest BCUT2D eigenvalue weighted by Gasteiger charge is -2.06. The molecule has 1 rings (SSSR count). The first-order valence-corrected chi connectivity index (χ1v) is 4.43. The van der Waals surface area contributed by atoms with E-state index in [1.54, 1.807) is 5.51 Å². The summed E-state index contributed by atoms with van der Waals surface area (Å²) in [6.45, 7) is 1.87. The van der Waals surface area contributed by atoms with Crippen LogP contribution in [0.25, 0.3) is 0 Å². The first-order valence-electron chi connectivity index (χ1n) is 3.55. The zero-order chi connectivity index (χ0) is 9.14. The second-order valence-corrected chi connectivity index (χ2v) is 3.47. The molecule has 0 saturated heterocycles. The van der Waals surface area contributed by atoms with Crippen LogP contribution in [0.2, 0.25) is 0 Å². The smallest absolute Gasteiger partial charge is 0.219 e. The van der Waals surface area contributed by atoms with Crippen LogP contribution in [0.3, 0.4) is 0 Å². The number of hydrogen-bond donors (Lipinski definition) is 2. The highest BCUT2D eigenvalue weighted by Gasteiger charge is 2.13. The lowest BCUT2D eigenvalue weighted by molar-refractivity contribution is -0.118. The predicted molar refractivity (Wildman–Crippen MR) is 47.6 cm³/mol. The molecule has 5 heteroatoms. The van der Waals surface area contributed by atoms with E-state index in [9.17, 15) is 4.79 Å². The summed E-state index contributed by atoms with van der Waals surface area (Å²) in [6.07, 6.45) is 0.184. The lowest BCUT2D eigenvalue weighted by Crippen LogP contribution is -2.20. The molecule has 4 nitrogen and oxygen atoms in total. The van der Waals surface area contributed by atoms with E-state index in [2.05, 4.69) is 4.98 Å². The number of rotatable bonds is 3. The van der Waals surface area contributed by atoms with Crippen LogP contribution < -0.4 is 11.5 Å². The normalized spacial score (nSPS) is 12.8. The van der Waals surface area contributed by atoms with Gasteiger partial charge in [0.05, 0.1) is 11.2 Å². The Hall–Kier alpha value is -0.940. The molecule has 12 heavy (non-hydrogen) atoms. The highest BCUT2D eigenvalue weighted by atomic mass is 32.1. The van der Waals surface area contributed by atoms with E-state index >= 15 is 0 Å². The number of hydrogen-bond acceptors (Lipinski definition) is 4. The van der Waals surface area contributed by atoms with Crippen LogP contribution >= 0.6 is 11.3 Å². The van der Waals surface area contributed by atoms with Gasteiger partial charge < -0.3 is 11.5 Å². The summed E-state index contributed by atoms with van der Waals surface area (Å²) in [5.41, 5.74) is 13.3. The van der Waals surface area contributed by atoms with Crippen LogP contribution in [0.5, 0.6) is 0 Å². The van der Waals surface area contributed by atoms with Crippen molar-refractivity contribution in [3.8, 4) is 0 Å². The fourth-order valence-electron chi connectivity index (χ4n) is 0.976. The maximum atomic E-state index is 10.5. The van der Waals surface area contributed by atoms with E-state index in [0.29, 0.717) is 0 Å². The van der Waals surface area contributed by atoms with Crippen LogP contribution in [-0.4, -0.2) is 10.9 Å². The number of carbonyl (C=O) groups is 1. The van der Waals surface area contributed by atoms with Crippen LogP contribution in [0.1, 0.15) is 23.0 Å². The standard InChI is InChI=1S/C7H11N3OS/c1-4-7(12-3-10-4)5(8)2-6(9)11/h3,5H,2,8H2,1H3,(H2,9,11)/t5-/m1/s1. The van der Waals surface area contributed by atoms with Gasteiger partial charge in [0.25, 0.3) is 0 Å². The molecule has 4 N–H and O–H groups in total. The molecule has 0 aliphatic rings. The zero-order valence-corrected chi connectivity index (χ0v) is 7.60. The van der Waals surface area contributed by atoms with E-state index in [-0.39, 0.29) is 18.4 Å². The van der Waals surface area contributed by atoms with E-state index < -0.39 is 0 Å². The van der Waals surface area contributed by atoms with Crippen LogP contribution in [0.15, 0.2) is 5.51 Å². The molecular weight excluding hydrogens is 174 g/mol. The largest absolute Gasteiger partial charge is 0.370 e. The molecule has 0 aliphatic carbocycles. The maximum Gasteiger partial charge on any atom is 0.219 e. The number of aryl methyl sites for hydroxylation is 1. The van der Waals surface area contributed by atoms with Gasteiger partial charge in [0.2, 0.25) is 5.91 Å².